The molecule has 2 rings (SSSR count). The van der Waals surface area contributed by atoms with Gasteiger partial charge in [0.05, 0.1) is 0 Å². The monoisotopic (exact) mass is 267 g/mol. The van der Waals surface area contributed by atoms with Gasteiger partial charge in [-0.3, -0.25) is 5.43 Å². The van der Waals surface area contributed by atoms with Gasteiger partial charge in [0.15, 0.2) is 0 Å². The van der Waals surface area contributed by atoms with E-state index in [0.29, 0.717) is 17.8 Å². The number of nitrogens with zero attached hydrogens (tertiary/aromatic N) is 4. The third-order valence-corrected chi connectivity index (χ3v) is 3.16. The number of aromatic nitrogens is 3. The Hall–Kier alpha value is -1.67. The number of anilines is 3. The van der Waals surface area contributed by atoms with Gasteiger partial charge in [0, 0.05) is 32.8 Å². The summed E-state index contributed by atoms with van der Waals surface area (Å²) in [4.78, 5) is 14.6. The fraction of sp³-hybridized carbons (Fsp3) is 0.727. The molecule has 106 valence electrons. The molecule has 0 amide bonds. The van der Waals surface area contributed by atoms with Crippen LogP contribution in [0.2, 0.25) is 0 Å². The van der Waals surface area contributed by atoms with E-state index in [0.717, 1.165) is 26.1 Å². The minimum atomic E-state index is -0.0605. The summed E-state index contributed by atoms with van der Waals surface area (Å²) < 4.78 is 5.38. The van der Waals surface area contributed by atoms with E-state index < -0.39 is 0 Å². The molecule has 0 aliphatic carbocycles. The topological polar surface area (TPSA) is 101 Å². The molecule has 4 N–H and O–H groups in total. The molecule has 0 atom stereocenters. The van der Waals surface area contributed by atoms with Gasteiger partial charge < -0.3 is 15.0 Å². The first-order chi connectivity index (χ1) is 9.02. The fourth-order valence-corrected chi connectivity index (χ4v) is 1.90. The standard InChI is InChI=1S/C11H21N7O/c1-11(4-6-19-7-5-11)16-8-13-9(17-12)15-10(14-8)18(2)3/h4-7,12H2,1-3H3,(H2,13,14,15,16,17). The van der Waals surface area contributed by atoms with Crippen molar-refractivity contribution in [3.63, 3.8) is 0 Å². The molecule has 0 bridgehead atoms. The van der Waals surface area contributed by atoms with E-state index in [4.69, 9.17) is 10.6 Å². The number of hydrogen-bond acceptors (Lipinski definition) is 8. The maximum absolute atomic E-state index is 5.38. The zero-order chi connectivity index (χ0) is 13.9. The molecule has 0 unspecified atom stereocenters. The van der Waals surface area contributed by atoms with E-state index in [9.17, 15) is 0 Å². The summed E-state index contributed by atoms with van der Waals surface area (Å²) in [6, 6.07) is 0. The predicted octanol–water partition coefficient (Wildman–Crippen LogP) is 0.204. The largest absolute Gasteiger partial charge is 0.381 e. The van der Waals surface area contributed by atoms with Crippen molar-refractivity contribution in [3.05, 3.63) is 0 Å². The Bertz CT molecular complexity index is 431. The number of hydrogen-bond donors (Lipinski definition) is 3. The zero-order valence-corrected chi connectivity index (χ0v) is 11.6. The van der Waals surface area contributed by atoms with Crippen LogP contribution >= 0.6 is 0 Å². The summed E-state index contributed by atoms with van der Waals surface area (Å²) in [6.45, 7) is 3.64. The first-order valence-corrected chi connectivity index (χ1v) is 6.28. The van der Waals surface area contributed by atoms with Gasteiger partial charge in [0.25, 0.3) is 0 Å². The minimum Gasteiger partial charge on any atom is -0.381 e. The Morgan fingerprint density at radius 1 is 1.16 bits per heavy atom. The highest BCUT2D eigenvalue weighted by atomic mass is 16.5. The van der Waals surface area contributed by atoms with Crippen LogP contribution in [0.3, 0.4) is 0 Å². The molecule has 8 heteroatoms. The van der Waals surface area contributed by atoms with Crippen molar-refractivity contribution in [1.82, 2.24) is 15.0 Å². The van der Waals surface area contributed by atoms with Crippen molar-refractivity contribution in [3.8, 4) is 0 Å². The highest BCUT2D eigenvalue weighted by Gasteiger charge is 2.28. The predicted molar refractivity (Wildman–Crippen MR) is 74.0 cm³/mol. The van der Waals surface area contributed by atoms with Crippen LogP contribution in [0.5, 0.6) is 0 Å². The van der Waals surface area contributed by atoms with E-state index in [2.05, 4.69) is 32.6 Å². The number of rotatable bonds is 4. The first-order valence-electron chi connectivity index (χ1n) is 6.28. The van der Waals surface area contributed by atoms with Gasteiger partial charge in [-0.05, 0) is 19.8 Å². The Morgan fingerprint density at radius 2 is 1.79 bits per heavy atom. The average Bonchev–Trinajstić information content (AvgIpc) is 2.38. The number of nitrogens with one attached hydrogen (secondary N) is 2. The van der Waals surface area contributed by atoms with Crippen LogP contribution < -0.4 is 21.5 Å². The molecule has 8 nitrogen and oxygen atoms in total. The number of hydrazine groups is 1. The maximum atomic E-state index is 5.38. The lowest BCUT2D eigenvalue weighted by Gasteiger charge is -2.34. The summed E-state index contributed by atoms with van der Waals surface area (Å²) >= 11 is 0. The second-order valence-electron chi connectivity index (χ2n) is 5.12. The van der Waals surface area contributed by atoms with Crippen molar-refractivity contribution in [2.24, 2.45) is 5.84 Å². The summed E-state index contributed by atoms with van der Waals surface area (Å²) in [5.41, 5.74) is 2.40. The van der Waals surface area contributed by atoms with Crippen LogP contribution in [0.4, 0.5) is 17.8 Å². The molecule has 19 heavy (non-hydrogen) atoms. The lowest BCUT2D eigenvalue weighted by atomic mass is 9.93. The first kappa shape index (κ1) is 13.8. The Labute approximate surface area is 112 Å². The lowest BCUT2D eigenvalue weighted by molar-refractivity contribution is 0.0656. The molecule has 1 aliphatic heterocycles. The van der Waals surface area contributed by atoms with Crippen molar-refractivity contribution in [1.29, 1.82) is 0 Å². The Morgan fingerprint density at radius 3 is 2.37 bits per heavy atom. The summed E-state index contributed by atoms with van der Waals surface area (Å²) in [5, 5.41) is 3.36. The van der Waals surface area contributed by atoms with Gasteiger partial charge in [-0.2, -0.15) is 15.0 Å². The second kappa shape index (κ2) is 5.54. The zero-order valence-electron chi connectivity index (χ0n) is 11.6. The van der Waals surface area contributed by atoms with Crippen LogP contribution in [0, 0.1) is 0 Å². The van der Waals surface area contributed by atoms with Crippen LogP contribution in [-0.2, 0) is 4.74 Å². The van der Waals surface area contributed by atoms with Gasteiger partial charge in [-0.25, -0.2) is 5.84 Å². The molecule has 1 aliphatic rings. The third kappa shape index (κ3) is 3.42. The summed E-state index contributed by atoms with van der Waals surface area (Å²) in [7, 11) is 3.74. The average molecular weight is 267 g/mol. The molecule has 1 fully saturated rings. The summed E-state index contributed by atoms with van der Waals surface area (Å²) in [6.07, 6.45) is 1.84. The molecule has 0 aromatic carbocycles. The SMILES string of the molecule is CN(C)c1nc(NN)nc(NC2(C)CCOCC2)n1. The quantitative estimate of drug-likeness (QED) is 0.525. The Kier molecular flexibility index (Phi) is 4.01. The van der Waals surface area contributed by atoms with E-state index >= 15 is 0 Å². The number of nitrogen functional groups attached to an aromatic ring is 1. The molecule has 0 spiro atoms. The van der Waals surface area contributed by atoms with E-state index in [1.165, 1.54) is 0 Å². The van der Waals surface area contributed by atoms with Crippen LogP contribution in [0.15, 0.2) is 0 Å². The molecule has 0 radical (unpaired) electrons. The fourth-order valence-electron chi connectivity index (χ4n) is 1.90. The van der Waals surface area contributed by atoms with Crippen LogP contribution in [0.25, 0.3) is 0 Å². The molecule has 2 heterocycles. The second-order valence-corrected chi connectivity index (χ2v) is 5.12. The van der Waals surface area contributed by atoms with Gasteiger partial charge in [0.1, 0.15) is 0 Å². The van der Waals surface area contributed by atoms with Crippen molar-refractivity contribution >= 4 is 17.8 Å². The lowest BCUT2D eigenvalue weighted by Crippen LogP contribution is -2.41. The van der Waals surface area contributed by atoms with Crippen molar-refractivity contribution in [2.75, 3.05) is 43.0 Å². The molecule has 1 aromatic heterocycles. The molecular weight excluding hydrogens is 246 g/mol. The van der Waals surface area contributed by atoms with Gasteiger partial charge >= 0.3 is 0 Å². The van der Waals surface area contributed by atoms with E-state index in [-0.39, 0.29) is 5.54 Å². The van der Waals surface area contributed by atoms with E-state index in [1.807, 2.05) is 14.1 Å². The highest BCUT2D eigenvalue weighted by Crippen LogP contribution is 2.24. The van der Waals surface area contributed by atoms with E-state index in [1.54, 1.807) is 4.90 Å². The van der Waals surface area contributed by atoms with Crippen LogP contribution in [0.1, 0.15) is 19.8 Å². The smallest absolute Gasteiger partial charge is 0.243 e. The molecule has 0 saturated carbocycles. The van der Waals surface area contributed by atoms with Crippen molar-refractivity contribution in [2.45, 2.75) is 25.3 Å². The summed E-state index contributed by atoms with van der Waals surface area (Å²) in [5.74, 6) is 6.81. The van der Waals surface area contributed by atoms with Crippen molar-refractivity contribution < 1.29 is 4.74 Å². The molecule has 1 saturated heterocycles. The minimum absolute atomic E-state index is 0.0605. The highest BCUT2D eigenvalue weighted by molar-refractivity contribution is 5.43. The third-order valence-electron chi connectivity index (χ3n) is 3.16. The van der Waals surface area contributed by atoms with Gasteiger partial charge in [0.2, 0.25) is 17.8 Å². The van der Waals surface area contributed by atoms with Crippen LogP contribution in [-0.4, -0.2) is 47.8 Å². The number of nitrogens with two attached hydrogens (primary N) is 1. The molecular formula is C11H21N7O. The van der Waals surface area contributed by atoms with Gasteiger partial charge in [-0.1, -0.05) is 0 Å². The maximum Gasteiger partial charge on any atom is 0.243 e. The normalized spacial score (nSPS) is 17.9. The van der Waals surface area contributed by atoms with Gasteiger partial charge in [-0.15, -0.1) is 0 Å². The molecule has 1 aromatic rings. The Balaban J connectivity index is 2.21. The number of ether oxygens (including phenoxy) is 1.